The van der Waals surface area contributed by atoms with E-state index in [2.05, 4.69) is 37.5 Å². The average Bonchev–Trinajstić information content (AvgIpc) is 2.75. The highest BCUT2D eigenvalue weighted by atomic mass is 16.5. The Morgan fingerprint density at radius 1 is 1.32 bits per heavy atom. The number of aromatic nitrogens is 2. The second-order valence-corrected chi connectivity index (χ2v) is 6.59. The number of nitrogens with zero attached hydrogens (tertiary/aromatic N) is 2. The van der Waals surface area contributed by atoms with Crippen LogP contribution in [0.1, 0.15) is 40.2 Å². The molecule has 19 heavy (non-hydrogen) atoms. The fourth-order valence-electron chi connectivity index (χ4n) is 3.22. The van der Waals surface area contributed by atoms with Gasteiger partial charge in [0.05, 0.1) is 29.0 Å². The maximum absolute atomic E-state index is 6.16. The number of ether oxygens (including phenoxy) is 1. The summed E-state index contributed by atoms with van der Waals surface area (Å²) < 4.78 is 8.23. The van der Waals surface area contributed by atoms with Gasteiger partial charge in [-0.15, -0.1) is 0 Å². The van der Waals surface area contributed by atoms with Crippen LogP contribution in [-0.2, 0) is 4.74 Å². The predicted molar refractivity (Wildman–Crippen MR) is 77.0 cm³/mol. The largest absolute Gasteiger partial charge is 0.399 e. The van der Waals surface area contributed by atoms with Crippen LogP contribution in [0.4, 0.5) is 5.69 Å². The molecule has 0 radical (unpaired) electrons. The standard InChI is InChI=1S/C15H21N3O/c1-14(2)8-13(15(3,4)19-14)18-12-7-11(16)6-5-10(12)9-17-18/h5-7,9,13H,8,16H2,1-4H3. The van der Waals surface area contributed by atoms with Gasteiger partial charge in [-0.2, -0.15) is 5.10 Å². The van der Waals surface area contributed by atoms with Crippen LogP contribution in [0.15, 0.2) is 24.4 Å². The van der Waals surface area contributed by atoms with Gasteiger partial charge in [0, 0.05) is 17.5 Å². The van der Waals surface area contributed by atoms with Gasteiger partial charge < -0.3 is 10.5 Å². The number of anilines is 1. The topological polar surface area (TPSA) is 53.1 Å². The van der Waals surface area contributed by atoms with E-state index >= 15 is 0 Å². The van der Waals surface area contributed by atoms with Crippen molar-refractivity contribution in [2.75, 3.05) is 5.73 Å². The van der Waals surface area contributed by atoms with Gasteiger partial charge in [-0.3, -0.25) is 4.68 Å². The van der Waals surface area contributed by atoms with Crippen LogP contribution in [0.3, 0.4) is 0 Å². The maximum atomic E-state index is 6.16. The number of rotatable bonds is 1. The molecular weight excluding hydrogens is 238 g/mol. The highest BCUT2D eigenvalue weighted by Gasteiger charge is 2.47. The van der Waals surface area contributed by atoms with E-state index in [4.69, 9.17) is 10.5 Å². The summed E-state index contributed by atoms with van der Waals surface area (Å²) >= 11 is 0. The molecule has 0 spiro atoms. The van der Waals surface area contributed by atoms with Gasteiger partial charge in [0.25, 0.3) is 0 Å². The monoisotopic (exact) mass is 259 g/mol. The Bertz CT molecular complexity index is 627. The summed E-state index contributed by atoms with van der Waals surface area (Å²) in [6.45, 7) is 8.53. The van der Waals surface area contributed by atoms with Gasteiger partial charge in [0.15, 0.2) is 0 Å². The number of nitrogen functional groups attached to an aromatic ring is 1. The van der Waals surface area contributed by atoms with Crippen LogP contribution >= 0.6 is 0 Å². The van der Waals surface area contributed by atoms with E-state index in [1.807, 2.05) is 24.4 Å². The Labute approximate surface area is 113 Å². The van der Waals surface area contributed by atoms with E-state index in [1.165, 1.54) is 0 Å². The molecule has 102 valence electrons. The molecule has 1 aliphatic heterocycles. The molecule has 1 aromatic carbocycles. The van der Waals surface area contributed by atoms with Crippen molar-refractivity contribution in [3.8, 4) is 0 Å². The first-order chi connectivity index (χ1) is 8.78. The second-order valence-electron chi connectivity index (χ2n) is 6.59. The lowest BCUT2D eigenvalue weighted by Crippen LogP contribution is -2.31. The zero-order chi connectivity index (χ0) is 13.8. The van der Waals surface area contributed by atoms with Crippen molar-refractivity contribution in [3.63, 3.8) is 0 Å². The van der Waals surface area contributed by atoms with Crippen LogP contribution < -0.4 is 5.73 Å². The van der Waals surface area contributed by atoms with Crippen molar-refractivity contribution >= 4 is 16.6 Å². The van der Waals surface area contributed by atoms with E-state index in [-0.39, 0.29) is 17.2 Å². The quantitative estimate of drug-likeness (QED) is 0.800. The van der Waals surface area contributed by atoms with Gasteiger partial charge in [0.2, 0.25) is 0 Å². The molecule has 2 heterocycles. The van der Waals surface area contributed by atoms with E-state index < -0.39 is 0 Å². The molecule has 1 aromatic heterocycles. The second kappa shape index (κ2) is 3.73. The number of nitrogens with two attached hydrogens (primary N) is 1. The molecule has 2 N–H and O–H groups in total. The highest BCUT2D eigenvalue weighted by Crippen LogP contribution is 2.45. The molecule has 1 fully saturated rings. The zero-order valence-corrected chi connectivity index (χ0v) is 12.0. The van der Waals surface area contributed by atoms with Crippen molar-refractivity contribution in [1.82, 2.24) is 9.78 Å². The Kier molecular flexibility index (Phi) is 2.45. The third kappa shape index (κ3) is 2.00. The maximum Gasteiger partial charge on any atom is 0.0858 e. The van der Waals surface area contributed by atoms with Gasteiger partial charge >= 0.3 is 0 Å². The minimum atomic E-state index is -0.229. The average molecular weight is 259 g/mol. The SMILES string of the molecule is CC1(C)CC(n2ncc3ccc(N)cc32)C(C)(C)O1. The number of benzene rings is 1. The first-order valence-electron chi connectivity index (χ1n) is 6.71. The van der Waals surface area contributed by atoms with Crippen molar-refractivity contribution in [2.24, 2.45) is 0 Å². The van der Waals surface area contributed by atoms with Crippen LogP contribution in [0.5, 0.6) is 0 Å². The Morgan fingerprint density at radius 3 is 2.68 bits per heavy atom. The Hall–Kier alpha value is -1.55. The number of fused-ring (bicyclic) bond motifs is 1. The zero-order valence-electron chi connectivity index (χ0n) is 12.0. The first-order valence-corrected chi connectivity index (χ1v) is 6.71. The van der Waals surface area contributed by atoms with E-state index in [0.717, 1.165) is 23.0 Å². The van der Waals surface area contributed by atoms with Crippen LogP contribution in [-0.4, -0.2) is 21.0 Å². The fourth-order valence-corrected chi connectivity index (χ4v) is 3.22. The van der Waals surface area contributed by atoms with Crippen LogP contribution in [0.2, 0.25) is 0 Å². The predicted octanol–water partition coefficient (Wildman–Crippen LogP) is 3.14. The lowest BCUT2D eigenvalue weighted by atomic mass is 9.94. The van der Waals surface area contributed by atoms with Gasteiger partial charge in [-0.1, -0.05) is 0 Å². The summed E-state index contributed by atoms with van der Waals surface area (Å²) in [5, 5.41) is 5.68. The van der Waals surface area contributed by atoms with Gasteiger partial charge in [-0.05, 0) is 45.9 Å². The molecule has 3 rings (SSSR count). The number of hydrogen-bond acceptors (Lipinski definition) is 3. The molecular formula is C15H21N3O. The Morgan fingerprint density at radius 2 is 2.05 bits per heavy atom. The molecule has 4 heteroatoms. The molecule has 0 aliphatic carbocycles. The van der Waals surface area contributed by atoms with E-state index in [9.17, 15) is 0 Å². The molecule has 4 nitrogen and oxygen atoms in total. The van der Waals surface area contributed by atoms with Crippen LogP contribution in [0.25, 0.3) is 10.9 Å². The summed E-state index contributed by atoms with van der Waals surface area (Å²) in [6.07, 6.45) is 2.85. The fraction of sp³-hybridized carbons (Fsp3) is 0.533. The molecule has 1 atom stereocenters. The summed E-state index contributed by atoms with van der Waals surface area (Å²) in [5.41, 5.74) is 7.40. The molecule has 2 aromatic rings. The molecule has 0 amide bonds. The lowest BCUT2D eigenvalue weighted by Gasteiger charge is -2.27. The summed E-state index contributed by atoms with van der Waals surface area (Å²) in [7, 11) is 0. The van der Waals surface area contributed by atoms with E-state index in [1.54, 1.807) is 0 Å². The van der Waals surface area contributed by atoms with Gasteiger partial charge in [-0.25, -0.2) is 0 Å². The minimum absolute atomic E-state index is 0.118. The van der Waals surface area contributed by atoms with E-state index in [0.29, 0.717) is 0 Å². The van der Waals surface area contributed by atoms with Crippen molar-refractivity contribution in [2.45, 2.75) is 51.4 Å². The first kappa shape index (κ1) is 12.5. The molecule has 0 bridgehead atoms. The minimum Gasteiger partial charge on any atom is -0.399 e. The summed E-state index contributed by atoms with van der Waals surface area (Å²) in [5.74, 6) is 0. The normalized spacial score (nSPS) is 24.9. The highest BCUT2D eigenvalue weighted by molar-refractivity contribution is 5.82. The molecule has 1 aliphatic rings. The Balaban J connectivity index is 2.12. The third-order valence-corrected chi connectivity index (χ3v) is 3.94. The van der Waals surface area contributed by atoms with Gasteiger partial charge in [0.1, 0.15) is 0 Å². The van der Waals surface area contributed by atoms with Crippen LogP contribution in [0, 0.1) is 0 Å². The molecule has 1 saturated heterocycles. The molecule has 0 saturated carbocycles. The third-order valence-electron chi connectivity index (χ3n) is 3.94. The summed E-state index contributed by atoms with van der Waals surface area (Å²) in [6, 6.07) is 6.14. The van der Waals surface area contributed by atoms with Crippen molar-refractivity contribution < 1.29 is 4.74 Å². The molecule has 1 unspecified atom stereocenters. The van der Waals surface area contributed by atoms with Crippen molar-refractivity contribution in [1.29, 1.82) is 0 Å². The lowest BCUT2D eigenvalue weighted by molar-refractivity contribution is -0.0734. The van der Waals surface area contributed by atoms with Crippen molar-refractivity contribution in [3.05, 3.63) is 24.4 Å². The smallest absolute Gasteiger partial charge is 0.0858 e. The summed E-state index contributed by atoms with van der Waals surface area (Å²) in [4.78, 5) is 0. The number of hydrogen-bond donors (Lipinski definition) is 1.